The molecular formula is C29H35N5O5. The van der Waals surface area contributed by atoms with E-state index < -0.39 is 6.10 Å². The second kappa shape index (κ2) is 13.1. The third-order valence-corrected chi connectivity index (χ3v) is 6.79. The predicted molar refractivity (Wildman–Crippen MR) is 146 cm³/mol. The second-order valence-electron chi connectivity index (χ2n) is 9.30. The topological polar surface area (TPSA) is 97.2 Å². The summed E-state index contributed by atoms with van der Waals surface area (Å²) in [4.78, 5) is 44.4. The fourth-order valence-electron chi connectivity index (χ4n) is 4.56. The number of nitrogens with zero attached hydrogens (tertiary/aromatic N) is 5. The standard InChI is InChI=1S/C29H35N5O5/c1-4-31(5-2)28(36)21-39-26-18-32(17-22-7-13-25(38-3)14-8-22)27(35)20-33(19-26)29(37)23-9-11-24(12-10-23)34-16-6-15-30-34/h6-16,26H,4-5,17-21H2,1-3H3. The van der Waals surface area contributed by atoms with Crippen molar-refractivity contribution in [1.82, 2.24) is 24.5 Å². The van der Waals surface area contributed by atoms with E-state index >= 15 is 0 Å². The van der Waals surface area contributed by atoms with Crippen LogP contribution >= 0.6 is 0 Å². The molecule has 0 radical (unpaired) electrons. The molecule has 1 aromatic heterocycles. The van der Waals surface area contributed by atoms with Crippen LogP contribution in [0.25, 0.3) is 5.69 Å². The molecule has 1 atom stereocenters. The first-order chi connectivity index (χ1) is 18.9. The van der Waals surface area contributed by atoms with Crippen LogP contribution in [0.4, 0.5) is 0 Å². The summed E-state index contributed by atoms with van der Waals surface area (Å²) in [7, 11) is 1.60. The smallest absolute Gasteiger partial charge is 0.254 e. The molecule has 0 N–H and O–H groups in total. The Kier molecular flexibility index (Phi) is 9.32. The lowest BCUT2D eigenvalue weighted by molar-refractivity contribution is -0.138. The number of ether oxygens (including phenoxy) is 2. The van der Waals surface area contributed by atoms with Crippen molar-refractivity contribution in [3.8, 4) is 11.4 Å². The molecule has 39 heavy (non-hydrogen) atoms. The highest BCUT2D eigenvalue weighted by Gasteiger charge is 2.32. The summed E-state index contributed by atoms with van der Waals surface area (Å²) in [5.41, 5.74) is 2.21. The first kappa shape index (κ1) is 27.8. The van der Waals surface area contributed by atoms with E-state index in [2.05, 4.69) is 5.10 Å². The Labute approximate surface area is 228 Å². The second-order valence-corrected chi connectivity index (χ2v) is 9.30. The molecule has 10 heteroatoms. The first-order valence-electron chi connectivity index (χ1n) is 13.1. The van der Waals surface area contributed by atoms with Gasteiger partial charge in [-0.3, -0.25) is 14.4 Å². The summed E-state index contributed by atoms with van der Waals surface area (Å²) in [5, 5.41) is 4.21. The summed E-state index contributed by atoms with van der Waals surface area (Å²) in [6.45, 7) is 5.62. The Morgan fingerprint density at radius 1 is 1.03 bits per heavy atom. The van der Waals surface area contributed by atoms with Crippen LogP contribution in [-0.4, -0.2) is 94.7 Å². The SMILES string of the molecule is CCN(CC)C(=O)COC1CN(Cc2ccc(OC)cc2)C(=O)CN(C(=O)c2ccc(-n3cccn3)cc2)C1. The van der Waals surface area contributed by atoms with Gasteiger partial charge >= 0.3 is 0 Å². The van der Waals surface area contributed by atoms with Gasteiger partial charge in [-0.25, -0.2) is 4.68 Å². The van der Waals surface area contributed by atoms with E-state index in [1.807, 2.05) is 62.5 Å². The number of hydrogen-bond acceptors (Lipinski definition) is 6. The molecule has 3 amide bonds. The quantitative estimate of drug-likeness (QED) is 0.398. The van der Waals surface area contributed by atoms with Crippen molar-refractivity contribution in [2.45, 2.75) is 26.5 Å². The highest BCUT2D eigenvalue weighted by molar-refractivity contribution is 5.97. The third kappa shape index (κ3) is 7.02. The zero-order valence-electron chi connectivity index (χ0n) is 22.7. The summed E-state index contributed by atoms with van der Waals surface area (Å²) in [6, 6.07) is 16.4. The Morgan fingerprint density at radius 2 is 1.74 bits per heavy atom. The van der Waals surface area contributed by atoms with Crippen molar-refractivity contribution in [3.05, 3.63) is 78.1 Å². The van der Waals surface area contributed by atoms with E-state index in [0.29, 0.717) is 25.2 Å². The molecule has 2 heterocycles. The maximum atomic E-state index is 13.5. The minimum absolute atomic E-state index is 0.0836. The van der Waals surface area contributed by atoms with Crippen molar-refractivity contribution < 1.29 is 23.9 Å². The van der Waals surface area contributed by atoms with Crippen LogP contribution in [0.3, 0.4) is 0 Å². The summed E-state index contributed by atoms with van der Waals surface area (Å²) in [6.07, 6.45) is 2.98. The lowest BCUT2D eigenvalue weighted by Gasteiger charge is -2.26. The van der Waals surface area contributed by atoms with E-state index in [9.17, 15) is 14.4 Å². The molecule has 0 bridgehead atoms. The molecule has 0 spiro atoms. The van der Waals surface area contributed by atoms with Gasteiger partial charge in [-0.05, 0) is 61.9 Å². The van der Waals surface area contributed by atoms with Crippen LogP contribution in [0.15, 0.2) is 67.0 Å². The lowest BCUT2D eigenvalue weighted by Crippen LogP contribution is -2.41. The minimum Gasteiger partial charge on any atom is -0.497 e. The van der Waals surface area contributed by atoms with Crippen molar-refractivity contribution in [1.29, 1.82) is 0 Å². The van der Waals surface area contributed by atoms with E-state index in [4.69, 9.17) is 9.47 Å². The number of methoxy groups -OCH3 is 1. The maximum Gasteiger partial charge on any atom is 0.254 e. The number of rotatable bonds is 10. The van der Waals surface area contributed by atoms with Gasteiger partial charge < -0.3 is 24.2 Å². The Morgan fingerprint density at radius 3 is 2.36 bits per heavy atom. The number of benzene rings is 2. The number of amides is 3. The fraction of sp³-hybridized carbons (Fsp3) is 0.379. The molecule has 4 rings (SSSR count). The molecule has 1 aliphatic heterocycles. The number of aromatic nitrogens is 2. The lowest BCUT2D eigenvalue weighted by atomic mass is 10.1. The van der Waals surface area contributed by atoms with Gasteiger partial charge in [0.25, 0.3) is 5.91 Å². The molecule has 10 nitrogen and oxygen atoms in total. The zero-order chi connectivity index (χ0) is 27.8. The predicted octanol–water partition coefficient (Wildman–Crippen LogP) is 2.62. The fourth-order valence-corrected chi connectivity index (χ4v) is 4.56. The monoisotopic (exact) mass is 533 g/mol. The summed E-state index contributed by atoms with van der Waals surface area (Å²) in [5.74, 6) is 0.149. The summed E-state index contributed by atoms with van der Waals surface area (Å²) < 4.78 is 13.0. The first-order valence-corrected chi connectivity index (χ1v) is 13.1. The van der Waals surface area contributed by atoms with Gasteiger partial charge in [0.2, 0.25) is 11.8 Å². The van der Waals surface area contributed by atoms with Crippen LogP contribution < -0.4 is 4.74 Å². The van der Waals surface area contributed by atoms with E-state index in [-0.39, 0.29) is 44.0 Å². The maximum absolute atomic E-state index is 13.5. The molecule has 1 fully saturated rings. The number of carbonyl (C=O) groups is 3. The normalized spacial score (nSPS) is 15.7. The molecule has 206 valence electrons. The third-order valence-electron chi connectivity index (χ3n) is 6.79. The average molecular weight is 534 g/mol. The van der Waals surface area contributed by atoms with Crippen LogP contribution in [-0.2, 0) is 20.9 Å². The van der Waals surface area contributed by atoms with E-state index in [1.54, 1.807) is 39.9 Å². The van der Waals surface area contributed by atoms with Gasteiger partial charge in [0, 0.05) is 50.7 Å². The Balaban J connectivity index is 1.52. The highest BCUT2D eigenvalue weighted by atomic mass is 16.5. The van der Waals surface area contributed by atoms with Gasteiger partial charge in [-0.1, -0.05) is 12.1 Å². The van der Waals surface area contributed by atoms with Crippen molar-refractivity contribution in [3.63, 3.8) is 0 Å². The largest absolute Gasteiger partial charge is 0.497 e. The van der Waals surface area contributed by atoms with Crippen LogP contribution in [0.5, 0.6) is 5.75 Å². The highest BCUT2D eigenvalue weighted by Crippen LogP contribution is 2.18. The molecule has 1 aliphatic rings. The van der Waals surface area contributed by atoms with Crippen LogP contribution in [0.1, 0.15) is 29.8 Å². The minimum atomic E-state index is -0.526. The van der Waals surface area contributed by atoms with Crippen LogP contribution in [0, 0.1) is 0 Å². The number of likely N-dealkylation sites (N-methyl/N-ethyl adjacent to an activating group) is 1. The van der Waals surface area contributed by atoms with Crippen LogP contribution in [0.2, 0.25) is 0 Å². The van der Waals surface area contributed by atoms with E-state index in [1.165, 1.54) is 4.90 Å². The Hall–Kier alpha value is -4.18. The molecule has 2 aromatic carbocycles. The number of carbonyl (C=O) groups excluding carboxylic acids is 3. The molecular weight excluding hydrogens is 498 g/mol. The molecule has 1 saturated heterocycles. The molecule has 0 saturated carbocycles. The van der Waals surface area contributed by atoms with Crippen molar-refractivity contribution in [2.75, 3.05) is 46.4 Å². The average Bonchev–Trinajstić information content (AvgIpc) is 3.46. The zero-order valence-corrected chi connectivity index (χ0v) is 22.7. The van der Waals surface area contributed by atoms with Gasteiger partial charge in [0.1, 0.15) is 18.9 Å². The molecule has 0 aliphatic carbocycles. The summed E-state index contributed by atoms with van der Waals surface area (Å²) >= 11 is 0. The van der Waals surface area contributed by atoms with Gasteiger partial charge in [0.05, 0.1) is 18.9 Å². The number of hydrogen-bond donors (Lipinski definition) is 0. The van der Waals surface area contributed by atoms with Gasteiger partial charge in [-0.2, -0.15) is 5.10 Å². The van der Waals surface area contributed by atoms with Gasteiger partial charge in [-0.15, -0.1) is 0 Å². The van der Waals surface area contributed by atoms with E-state index in [0.717, 1.165) is 17.0 Å². The molecule has 1 unspecified atom stereocenters. The molecule has 3 aromatic rings. The van der Waals surface area contributed by atoms with Crippen molar-refractivity contribution in [2.24, 2.45) is 0 Å². The van der Waals surface area contributed by atoms with Crippen molar-refractivity contribution >= 4 is 17.7 Å². The Bertz CT molecular complexity index is 1240. The van der Waals surface area contributed by atoms with Gasteiger partial charge in [0.15, 0.2) is 0 Å².